The van der Waals surface area contributed by atoms with Crippen LogP contribution in [0.15, 0.2) is 29.7 Å². The molecule has 21 heavy (non-hydrogen) atoms. The van der Waals surface area contributed by atoms with Crippen LogP contribution >= 0.6 is 11.8 Å². The molecule has 0 bridgehead atoms. The summed E-state index contributed by atoms with van der Waals surface area (Å²) >= 11 is 1.50. The zero-order chi connectivity index (χ0) is 15.2. The number of nitro benzene ring substituents is 1. The number of rotatable bonds is 7. The maximum atomic E-state index is 11.2. The first-order chi connectivity index (χ1) is 10.1. The molecule has 0 fully saturated rings. The Balaban J connectivity index is 2.23. The molecule has 0 aliphatic carbocycles. The normalized spacial score (nSPS) is 10.6. The molecule has 0 aliphatic heterocycles. The van der Waals surface area contributed by atoms with Gasteiger partial charge in [0.15, 0.2) is 5.16 Å². The molecule has 0 saturated heterocycles. The molecule has 0 unspecified atom stereocenters. The first-order valence-corrected chi connectivity index (χ1v) is 7.59. The molecule has 1 aromatic heterocycles. The third kappa shape index (κ3) is 3.72. The third-order valence-electron chi connectivity index (χ3n) is 2.90. The van der Waals surface area contributed by atoms with E-state index in [1.807, 2.05) is 24.6 Å². The van der Waals surface area contributed by atoms with E-state index in [2.05, 4.69) is 15.5 Å². The molecular formula is C13H17N5O2S. The first kappa shape index (κ1) is 15.3. The maximum absolute atomic E-state index is 11.2. The molecule has 0 spiro atoms. The van der Waals surface area contributed by atoms with E-state index >= 15 is 0 Å². The number of nitrogens with zero attached hydrogens (tertiary/aromatic N) is 4. The van der Waals surface area contributed by atoms with Gasteiger partial charge in [-0.25, -0.2) is 0 Å². The van der Waals surface area contributed by atoms with Crippen molar-refractivity contribution in [3.8, 4) is 0 Å². The van der Waals surface area contributed by atoms with Crippen LogP contribution < -0.4 is 5.32 Å². The summed E-state index contributed by atoms with van der Waals surface area (Å²) in [6.07, 6.45) is 2.54. The van der Waals surface area contributed by atoms with Crippen LogP contribution in [0.25, 0.3) is 0 Å². The van der Waals surface area contributed by atoms with E-state index < -0.39 is 0 Å². The van der Waals surface area contributed by atoms with E-state index in [4.69, 9.17) is 0 Å². The highest BCUT2D eigenvalue weighted by atomic mass is 32.2. The Morgan fingerprint density at radius 2 is 2.29 bits per heavy atom. The molecule has 0 radical (unpaired) electrons. The Labute approximate surface area is 126 Å². The van der Waals surface area contributed by atoms with Crippen molar-refractivity contribution in [3.05, 3.63) is 40.2 Å². The van der Waals surface area contributed by atoms with Gasteiger partial charge in [0.1, 0.15) is 12.0 Å². The van der Waals surface area contributed by atoms with Crippen molar-refractivity contribution in [1.29, 1.82) is 0 Å². The predicted molar refractivity (Wildman–Crippen MR) is 82.4 cm³/mol. The van der Waals surface area contributed by atoms with Gasteiger partial charge in [0.2, 0.25) is 0 Å². The second-order valence-electron chi connectivity index (χ2n) is 4.51. The van der Waals surface area contributed by atoms with Crippen molar-refractivity contribution >= 4 is 23.1 Å². The molecule has 0 saturated carbocycles. The highest BCUT2D eigenvalue weighted by Crippen LogP contribution is 2.32. The molecule has 0 atom stereocenters. The minimum Gasteiger partial charge on any atom is -0.379 e. The van der Waals surface area contributed by atoms with Crippen LogP contribution in [0.3, 0.4) is 0 Å². The number of nitrogens with one attached hydrogen (secondary N) is 1. The van der Waals surface area contributed by atoms with Gasteiger partial charge in [-0.1, -0.05) is 30.8 Å². The summed E-state index contributed by atoms with van der Waals surface area (Å²) in [6, 6.07) is 5.13. The van der Waals surface area contributed by atoms with Gasteiger partial charge in [-0.05, 0) is 12.0 Å². The van der Waals surface area contributed by atoms with Gasteiger partial charge in [-0.3, -0.25) is 10.1 Å². The fourth-order valence-corrected chi connectivity index (χ4v) is 2.74. The van der Waals surface area contributed by atoms with Gasteiger partial charge < -0.3 is 9.88 Å². The van der Waals surface area contributed by atoms with Crippen molar-refractivity contribution in [2.75, 3.05) is 11.9 Å². The summed E-state index contributed by atoms with van der Waals surface area (Å²) in [5.41, 5.74) is 1.60. The molecule has 112 valence electrons. The number of thioether (sulfide) groups is 1. The molecule has 7 nitrogen and oxygen atoms in total. The van der Waals surface area contributed by atoms with Crippen molar-refractivity contribution in [3.63, 3.8) is 0 Å². The SMILES string of the molecule is CCCNc1c(CSc2nncn2C)cccc1[N+](=O)[O-]. The standard InChI is InChI=1S/C13H17N5O2S/c1-3-7-14-12-10(5-4-6-11(12)18(19)20)8-21-13-16-15-9-17(13)2/h4-6,9,14H,3,7-8H2,1-2H3. The summed E-state index contributed by atoms with van der Waals surface area (Å²) < 4.78 is 1.82. The monoisotopic (exact) mass is 307 g/mol. The van der Waals surface area contributed by atoms with Crippen LogP contribution in [-0.4, -0.2) is 26.2 Å². The van der Waals surface area contributed by atoms with Gasteiger partial charge >= 0.3 is 0 Å². The van der Waals surface area contributed by atoms with Gasteiger partial charge in [0, 0.05) is 25.4 Å². The highest BCUT2D eigenvalue weighted by Gasteiger charge is 2.17. The minimum atomic E-state index is -0.353. The van der Waals surface area contributed by atoms with E-state index in [0.717, 1.165) is 17.1 Å². The second-order valence-corrected chi connectivity index (χ2v) is 5.45. The summed E-state index contributed by atoms with van der Waals surface area (Å²) in [4.78, 5) is 10.8. The van der Waals surface area contributed by atoms with Crippen LogP contribution in [0.5, 0.6) is 0 Å². The Morgan fingerprint density at radius 3 is 2.90 bits per heavy atom. The third-order valence-corrected chi connectivity index (χ3v) is 3.99. The van der Waals surface area contributed by atoms with E-state index in [9.17, 15) is 10.1 Å². The number of anilines is 1. The average molecular weight is 307 g/mol. The molecular weight excluding hydrogens is 290 g/mol. The Morgan fingerprint density at radius 1 is 1.48 bits per heavy atom. The van der Waals surface area contributed by atoms with E-state index in [0.29, 0.717) is 18.0 Å². The van der Waals surface area contributed by atoms with Crippen LogP contribution in [0.1, 0.15) is 18.9 Å². The molecule has 0 amide bonds. The first-order valence-electron chi connectivity index (χ1n) is 6.60. The second kappa shape index (κ2) is 7.07. The van der Waals surface area contributed by atoms with Crippen LogP contribution in [0.2, 0.25) is 0 Å². The number of aryl methyl sites for hydroxylation is 1. The summed E-state index contributed by atoms with van der Waals surface area (Å²) in [7, 11) is 1.87. The largest absolute Gasteiger partial charge is 0.379 e. The number of hydrogen-bond acceptors (Lipinski definition) is 6. The lowest BCUT2D eigenvalue weighted by Gasteiger charge is -2.11. The summed E-state index contributed by atoms with van der Waals surface area (Å²) in [5, 5.41) is 22.9. The molecule has 1 N–H and O–H groups in total. The number of benzene rings is 1. The average Bonchev–Trinajstić information content (AvgIpc) is 2.88. The fourth-order valence-electron chi connectivity index (χ4n) is 1.86. The number of para-hydroxylation sites is 1. The van der Waals surface area contributed by atoms with Crippen molar-refractivity contribution in [1.82, 2.24) is 14.8 Å². The van der Waals surface area contributed by atoms with Crippen LogP contribution in [0.4, 0.5) is 11.4 Å². The zero-order valence-corrected chi connectivity index (χ0v) is 12.8. The predicted octanol–water partition coefficient (Wildman–Crippen LogP) is 2.84. The number of hydrogen-bond donors (Lipinski definition) is 1. The van der Waals surface area contributed by atoms with Crippen molar-refractivity contribution < 1.29 is 4.92 Å². The molecule has 0 aliphatic rings. The molecule has 2 rings (SSSR count). The lowest BCUT2D eigenvalue weighted by molar-refractivity contribution is -0.384. The Bertz CT molecular complexity index is 629. The summed E-state index contributed by atoms with van der Waals surface area (Å²) in [6.45, 7) is 2.72. The lowest BCUT2D eigenvalue weighted by Crippen LogP contribution is -2.06. The molecule has 2 aromatic rings. The maximum Gasteiger partial charge on any atom is 0.292 e. The van der Waals surface area contributed by atoms with Crippen LogP contribution in [0, 0.1) is 10.1 Å². The fraction of sp³-hybridized carbons (Fsp3) is 0.385. The highest BCUT2D eigenvalue weighted by molar-refractivity contribution is 7.98. The van der Waals surface area contributed by atoms with Gasteiger partial charge in [-0.15, -0.1) is 10.2 Å². The number of aromatic nitrogens is 3. The zero-order valence-electron chi connectivity index (χ0n) is 11.9. The van der Waals surface area contributed by atoms with Crippen molar-refractivity contribution in [2.45, 2.75) is 24.3 Å². The topological polar surface area (TPSA) is 85.9 Å². The van der Waals surface area contributed by atoms with Gasteiger partial charge in [0.05, 0.1) is 4.92 Å². The van der Waals surface area contributed by atoms with Crippen molar-refractivity contribution in [2.24, 2.45) is 7.05 Å². The number of nitro groups is 1. The summed E-state index contributed by atoms with van der Waals surface area (Å²) in [5.74, 6) is 0.597. The quantitative estimate of drug-likeness (QED) is 0.481. The molecule has 8 heteroatoms. The Kier molecular flexibility index (Phi) is 5.15. The smallest absolute Gasteiger partial charge is 0.292 e. The Hall–Kier alpha value is -2.09. The van der Waals surface area contributed by atoms with E-state index in [-0.39, 0.29) is 10.6 Å². The molecule has 1 aromatic carbocycles. The van der Waals surface area contributed by atoms with Gasteiger partial charge in [-0.2, -0.15) is 0 Å². The molecule has 1 heterocycles. The minimum absolute atomic E-state index is 0.111. The lowest BCUT2D eigenvalue weighted by atomic mass is 10.1. The van der Waals surface area contributed by atoms with E-state index in [1.54, 1.807) is 12.4 Å². The van der Waals surface area contributed by atoms with E-state index in [1.165, 1.54) is 17.8 Å². The van der Waals surface area contributed by atoms with Gasteiger partial charge in [0.25, 0.3) is 5.69 Å². The van der Waals surface area contributed by atoms with Crippen LogP contribution in [-0.2, 0) is 12.8 Å².